The van der Waals surface area contributed by atoms with Crippen LogP contribution in [0.2, 0.25) is 0 Å². The number of pyridine rings is 1. The average molecular weight is 343 g/mol. The maximum atomic E-state index is 10.7. The monoisotopic (exact) mass is 343 g/mol. The molecule has 1 N–H and O–H groups in total. The van der Waals surface area contributed by atoms with E-state index < -0.39 is 0 Å². The molecule has 5 heteroatoms. The Labute approximate surface area is 150 Å². The van der Waals surface area contributed by atoms with Gasteiger partial charge in [-0.05, 0) is 31.2 Å². The number of aromatic nitrogens is 1. The number of benzene rings is 1. The highest BCUT2D eigenvalue weighted by molar-refractivity contribution is 5.88. The molecule has 136 valence electrons. The van der Waals surface area contributed by atoms with Crippen molar-refractivity contribution < 1.29 is 9.84 Å². The summed E-state index contributed by atoms with van der Waals surface area (Å²) in [5, 5.41) is 11.7. The second kappa shape index (κ2) is 8.61. The van der Waals surface area contributed by atoms with E-state index >= 15 is 0 Å². The summed E-state index contributed by atoms with van der Waals surface area (Å²) in [6, 6.07) is 6.03. The van der Waals surface area contributed by atoms with Crippen molar-refractivity contribution in [3.63, 3.8) is 0 Å². The summed E-state index contributed by atoms with van der Waals surface area (Å²) in [6.45, 7) is 8.45. The van der Waals surface area contributed by atoms with Gasteiger partial charge in [0.2, 0.25) is 0 Å². The molecule has 2 aromatic rings. The van der Waals surface area contributed by atoms with Crippen LogP contribution in [0.25, 0.3) is 10.9 Å². The molecule has 0 unspecified atom stereocenters. The standard InChI is InChI=1S/C20H29N3O2/c1-3-4-12-25-15-17-13-16(14-23-10-8-22(2)9-11-23)20(24)19-18(17)6-5-7-21-19/h5-7,13,24H,3-4,8-12,14-15H2,1-2H3. The van der Waals surface area contributed by atoms with Crippen LogP contribution in [0.4, 0.5) is 0 Å². The molecule has 1 aromatic heterocycles. The number of nitrogens with zero attached hydrogens (tertiary/aromatic N) is 3. The smallest absolute Gasteiger partial charge is 0.146 e. The lowest BCUT2D eigenvalue weighted by Crippen LogP contribution is -2.43. The first-order valence-electron chi connectivity index (χ1n) is 9.26. The van der Waals surface area contributed by atoms with Crippen molar-refractivity contribution >= 4 is 10.9 Å². The van der Waals surface area contributed by atoms with Crippen molar-refractivity contribution in [2.45, 2.75) is 32.9 Å². The van der Waals surface area contributed by atoms with Gasteiger partial charge < -0.3 is 14.7 Å². The van der Waals surface area contributed by atoms with Crippen LogP contribution in [-0.4, -0.2) is 59.7 Å². The maximum Gasteiger partial charge on any atom is 0.146 e. The first-order valence-corrected chi connectivity index (χ1v) is 9.26. The van der Waals surface area contributed by atoms with Gasteiger partial charge in [-0.1, -0.05) is 19.4 Å². The summed E-state index contributed by atoms with van der Waals surface area (Å²) in [7, 11) is 2.15. The Kier molecular flexibility index (Phi) is 6.24. The van der Waals surface area contributed by atoms with Gasteiger partial charge in [-0.15, -0.1) is 0 Å². The number of aromatic hydroxyl groups is 1. The molecule has 0 bridgehead atoms. The summed E-state index contributed by atoms with van der Waals surface area (Å²) in [5.41, 5.74) is 2.74. The summed E-state index contributed by atoms with van der Waals surface area (Å²) >= 11 is 0. The van der Waals surface area contributed by atoms with E-state index in [1.165, 1.54) is 0 Å². The molecule has 25 heavy (non-hydrogen) atoms. The molecular formula is C20H29N3O2. The van der Waals surface area contributed by atoms with E-state index in [0.717, 1.165) is 68.7 Å². The molecule has 0 amide bonds. The molecule has 0 saturated carbocycles. The van der Waals surface area contributed by atoms with E-state index in [-0.39, 0.29) is 0 Å². The number of fused-ring (bicyclic) bond motifs is 1. The number of unbranched alkanes of at least 4 members (excludes halogenated alkanes) is 1. The summed E-state index contributed by atoms with van der Waals surface area (Å²) in [4.78, 5) is 9.15. The molecule has 1 fully saturated rings. The zero-order valence-electron chi connectivity index (χ0n) is 15.4. The lowest BCUT2D eigenvalue weighted by Gasteiger charge is -2.32. The lowest BCUT2D eigenvalue weighted by molar-refractivity contribution is 0.118. The zero-order valence-corrected chi connectivity index (χ0v) is 15.4. The number of rotatable bonds is 7. The number of phenolic OH excluding ortho intramolecular Hbond substituents is 1. The van der Waals surface area contributed by atoms with Gasteiger partial charge in [0.15, 0.2) is 0 Å². The van der Waals surface area contributed by atoms with Crippen LogP contribution in [0, 0.1) is 0 Å². The third kappa shape index (κ3) is 4.48. The minimum Gasteiger partial charge on any atom is -0.505 e. The molecule has 1 saturated heterocycles. The summed E-state index contributed by atoms with van der Waals surface area (Å²) < 4.78 is 5.84. The largest absolute Gasteiger partial charge is 0.505 e. The number of ether oxygens (including phenoxy) is 1. The number of hydrogen-bond acceptors (Lipinski definition) is 5. The average Bonchev–Trinajstić information content (AvgIpc) is 2.64. The first kappa shape index (κ1) is 18.1. The van der Waals surface area contributed by atoms with E-state index in [9.17, 15) is 5.11 Å². The van der Waals surface area contributed by atoms with Gasteiger partial charge in [0.25, 0.3) is 0 Å². The Morgan fingerprint density at radius 1 is 1.20 bits per heavy atom. The number of phenols is 1. The first-order chi connectivity index (χ1) is 12.2. The molecular weight excluding hydrogens is 314 g/mol. The molecule has 1 aliphatic rings. The zero-order chi connectivity index (χ0) is 17.6. The lowest BCUT2D eigenvalue weighted by atomic mass is 10.0. The molecule has 0 spiro atoms. The number of piperazine rings is 1. The predicted octanol–water partition coefficient (Wildman–Crippen LogP) is 3.00. The van der Waals surface area contributed by atoms with E-state index in [1.807, 2.05) is 12.1 Å². The summed E-state index contributed by atoms with van der Waals surface area (Å²) in [5.74, 6) is 0.312. The van der Waals surface area contributed by atoms with Crippen LogP contribution < -0.4 is 0 Å². The minimum absolute atomic E-state index is 0.312. The molecule has 0 aliphatic carbocycles. The quantitative estimate of drug-likeness (QED) is 0.783. The fourth-order valence-corrected chi connectivity index (χ4v) is 3.28. The van der Waals surface area contributed by atoms with Gasteiger partial charge in [-0.2, -0.15) is 0 Å². The Morgan fingerprint density at radius 3 is 2.76 bits per heavy atom. The fraction of sp³-hybridized carbons (Fsp3) is 0.550. The Hall–Kier alpha value is -1.69. The van der Waals surface area contributed by atoms with Crippen molar-refractivity contribution in [2.75, 3.05) is 39.8 Å². The molecule has 0 radical (unpaired) electrons. The topological polar surface area (TPSA) is 48.8 Å². The van der Waals surface area contributed by atoms with Gasteiger partial charge in [0, 0.05) is 56.5 Å². The van der Waals surface area contributed by atoms with Gasteiger partial charge in [-0.25, -0.2) is 0 Å². The highest BCUT2D eigenvalue weighted by Gasteiger charge is 2.18. The van der Waals surface area contributed by atoms with E-state index in [2.05, 4.69) is 34.8 Å². The van der Waals surface area contributed by atoms with Crippen LogP contribution in [0.5, 0.6) is 5.75 Å². The second-order valence-electron chi connectivity index (χ2n) is 6.93. The Morgan fingerprint density at radius 2 is 2.00 bits per heavy atom. The van der Waals surface area contributed by atoms with Crippen molar-refractivity contribution in [1.29, 1.82) is 0 Å². The molecule has 1 aliphatic heterocycles. The van der Waals surface area contributed by atoms with Crippen LogP contribution in [0.3, 0.4) is 0 Å². The van der Waals surface area contributed by atoms with Gasteiger partial charge in [0.1, 0.15) is 11.3 Å². The van der Waals surface area contributed by atoms with Crippen LogP contribution in [-0.2, 0) is 17.9 Å². The van der Waals surface area contributed by atoms with Crippen LogP contribution >= 0.6 is 0 Å². The molecule has 0 atom stereocenters. The summed E-state index contributed by atoms with van der Waals surface area (Å²) in [6.07, 6.45) is 3.94. The SMILES string of the molecule is CCCCOCc1cc(CN2CCN(C)CC2)c(O)c2ncccc12. The molecule has 3 rings (SSSR count). The fourth-order valence-electron chi connectivity index (χ4n) is 3.28. The number of likely N-dealkylation sites (N-methyl/N-ethyl adjacent to an activating group) is 1. The number of hydrogen-bond donors (Lipinski definition) is 1. The van der Waals surface area contributed by atoms with Crippen molar-refractivity contribution in [3.05, 3.63) is 35.5 Å². The third-order valence-corrected chi connectivity index (χ3v) is 4.92. The maximum absolute atomic E-state index is 10.7. The van der Waals surface area contributed by atoms with E-state index in [4.69, 9.17) is 4.74 Å². The Bertz CT molecular complexity index is 697. The molecule has 2 heterocycles. The van der Waals surface area contributed by atoms with Crippen molar-refractivity contribution in [1.82, 2.24) is 14.8 Å². The second-order valence-corrected chi connectivity index (χ2v) is 6.93. The Balaban J connectivity index is 1.83. The predicted molar refractivity (Wildman–Crippen MR) is 101 cm³/mol. The third-order valence-electron chi connectivity index (χ3n) is 4.92. The normalized spacial score (nSPS) is 16.6. The van der Waals surface area contributed by atoms with Gasteiger partial charge in [0.05, 0.1) is 6.61 Å². The minimum atomic E-state index is 0.312. The highest BCUT2D eigenvalue weighted by atomic mass is 16.5. The van der Waals surface area contributed by atoms with Gasteiger partial charge in [-0.3, -0.25) is 9.88 Å². The van der Waals surface area contributed by atoms with E-state index in [1.54, 1.807) is 6.20 Å². The molecule has 5 nitrogen and oxygen atoms in total. The van der Waals surface area contributed by atoms with Crippen LogP contribution in [0.15, 0.2) is 24.4 Å². The highest BCUT2D eigenvalue weighted by Crippen LogP contribution is 2.31. The van der Waals surface area contributed by atoms with Crippen molar-refractivity contribution in [3.8, 4) is 5.75 Å². The molecule has 1 aromatic carbocycles. The van der Waals surface area contributed by atoms with E-state index in [0.29, 0.717) is 17.9 Å². The van der Waals surface area contributed by atoms with Crippen molar-refractivity contribution in [2.24, 2.45) is 0 Å². The van der Waals surface area contributed by atoms with Gasteiger partial charge >= 0.3 is 0 Å². The van der Waals surface area contributed by atoms with Crippen LogP contribution in [0.1, 0.15) is 30.9 Å².